The number of nitrogens with one attached hydrogen (secondary N) is 1. The van der Waals surface area contributed by atoms with Gasteiger partial charge in [0.25, 0.3) is 0 Å². The van der Waals surface area contributed by atoms with Crippen LogP contribution in [0.25, 0.3) is 0 Å². The third-order valence-corrected chi connectivity index (χ3v) is 6.22. The Morgan fingerprint density at radius 1 is 1.24 bits per heavy atom. The largest absolute Gasteiger partial charge is 0.493 e. The minimum absolute atomic E-state index is 0.167. The summed E-state index contributed by atoms with van der Waals surface area (Å²) < 4.78 is 12.7. The maximum atomic E-state index is 12.9. The predicted molar refractivity (Wildman–Crippen MR) is 113 cm³/mol. The summed E-state index contributed by atoms with van der Waals surface area (Å²) in [5.74, 6) is 3.13. The molecule has 7 nitrogen and oxygen atoms in total. The van der Waals surface area contributed by atoms with Crippen molar-refractivity contribution in [2.75, 3.05) is 25.3 Å². The van der Waals surface area contributed by atoms with Crippen molar-refractivity contribution in [3.63, 3.8) is 0 Å². The van der Waals surface area contributed by atoms with Crippen molar-refractivity contribution in [1.82, 2.24) is 14.8 Å². The molecule has 4 rings (SSSR count). The fourth-order valence-electron chi connectivity index (χ4n) is 3.84. The minimum Gasteiger partial charge on any atom is -0.493 e. The van der Waals surface area contributed by atoms with E-state index in [4.69, 9.17) is 19.6 Å². The number of thioether (sulfide) groups is 1. The van der Waals surface area contributed by atoms with Crippen molar-refractivity contribution in [2.24, 2.45) is 0 Å². The summed E-state index contributed by atoms with van der Waals surface area (Å²) in [4.78, 5) is 17.6. The van der Waals surface area contributed by atoms with E-state index in [1.54, 1.807) is 26.0 Å². The van der Waals surface area contributed by atoms with E-state index in [9.17, 15) is 4.79 Å². The zero-order chi connectivity index (χ0) is 20.4. The van der Waals surface area contributed by atoms with Gasteiger partial charge in [0.1, 0.15) is 6.04 Å². The first-order chi connectivity index (χ1) is 14.2. The van der Waals surface area contributed by atoms with Crippen LogP contribution in [0.4, 0.5) is 5.95 Å². The molecule has 0 saturated heterocycles. The van der Waals surface area contributed by atoms with E-state index >= 15 is 0 Å². The number of carbonyl (C=O) groups excluding carboxylic acids is 1. The maximum absolute atomic E-state index is 12.9. The Kier molecular flexibility index (Phi) is 5.80. The number of rotatable bonds is 7. The molecule has 1 aromatic carbocycles. The maximum Gasteiger partial charge on any atom is 0.227 e. The molecule has 2 heterocycles. The Morgan fingerprint density at radius 3 is 2.83 bits per heavy atom. The fraction of sp³-hybridized carbons (Fsp3) is 0.476. The lowest BCUT2D eigenvalue weighted by molar-refractivity contribution is -0.116. The second kappa shape index (κ2) is 8.49. The van der Waals surface area contributed by atoms with Gasteiger partial charge in [-0.3, -0.25) is 4.79 Å². The number of hydrogen-bond donors (Lipinski definition) is 1. The molecule has 0 spiro atoms. The molecule has 1 aliphatic carbocycles. The first kappa shape index (κ1) is 19.8. The van der Waals surface area contributed by atoms with Crippen LogP contribution in [0.15, 0.2) is 34.6 Å². The van der Waals surface area contributed by atoms with Crippen LogP contribution in [-0.4, -0.2) is 40.5 Å². The second-order valence-electron chi connectivity index (χ2n) is 7.18. The van der Waals surface area contributed by atoms with E-state index < -0.39 is 0 Å². The first-order valence-electron chi connectivity index (χ1n) is 10.0. The lowest BCUT2D eigenvalue weighted by Crippen LogP contribution is -2.31. The highest BCUT2D eigenvalue weighted by Gasteiger charge is 2.37. The number of carbonyl (C=O) groups is 1. The molecule has 1 N–H and O–H groups in total. The summed E-state index contributed by atoms with van der Waals surface area (Å²) in [5, 5.41) is 8.86. The van der Waals surface area contributed by atoms with Crippen LogP contribution in [0.1, 0.15) is 50.6 Å². The van der Waals surface area contributed by atoms with Crippen molar-refractivity contribution in [3.05, 3.63) is 35.0 Å². The number of ketones is 1. The van der Waals surface area contributed by atoms with Crippen LogP contribution in [0.5, 0.6) is 11.5 Å². The SMILES string of the molecule is CCCCSc1nc2n(n1)[C@H](c1ccc(OC)c(OC)c1)C1=C(CCCC1=O)N2. The Morgan fingerprint density at radius 2 is 2.07 bits per heavy atom. The molecule has 0 unspecified atom stereocenters. The van der Waals surface area contributed by atoms with Gasteiger partial charge in [-0.05, 0) is 37.0 Å². The molecular weight excluding hydrogens is 388 g/mol. The van der Waals surface area contributed by atoms with Crippen LogP contribution < -0.4 is 14.8 Å². The van der Waals surface area contributed by atoms with Crippen molar-refractivity contribution in [3.8, 4) is 11.5 Å². The first-order valence-corrected chi connectivity index (χ1v) is 11.0. The van der Waals surface area contributed by atoms with Gasteiger partial charge in [0.05, 0.1) is 14.2 Å². The van der Waals surface area contributed by atoms with Crippen LogP contribution in [0.2, 0.25) is 0 Å². The number of hydrogen-bond acceptors (Lipinski definition) is 7. The highest BCUT2D eigenvalue weighted by atomic mass is 32.2. The summed E-state index contributed by atoms with van der Waals surface area (Å²) in [6, 6.07) is 5.45. The quantitative estimate of drug-likeness (QED) is 0.537. The smallest absolute Gasteiger partial charge is 0.227 e. The lowest BCUT2D eigenvalue weighted by Gasteiger charge is -2.32. The van der Waals surface area contributed by atoms with E-state index in [0.29, 0.717) is 23.9 Å². The molecule has 0 amide bonds. The van der Waals surface area contributed by atoms with Crippen molar-refractivity contribution in [2.45, 2.75) is 50.2 Å². The zero-order valence-electron chi connectivity index (χ0n) is 17.0. The molecule has 8 heteroatoms. The van der Waals surface area contributed by atoms with Gasteiger partial charge >= 0.3 is 0 Å². The number of anilines is 1. The molecule has 0 saturated carbocycles. The van der Waals surface area contributed by atoms with Crippen LogP contribution >= 0.6 is 11.8 Å². The average molecular weight is 415 g/mol. The number of benzene rings is 1. The number of aromatic nitrogens is 3. The molecular formula is C21H26N4O3S. The van der Waals surface area contributed by atoms with E-state index in [0.717, 1.165) is 53.4 Å². The number of nitrogens with zero attached hydrogens (tertiary/aromatic N) is 3. The molecule has 1 atom stereocenters. The van der Waals surface area contributed by atoms with Gasteiger partial charge in [0.15, 0.2) is 17.3 Å². The van der Waals surface area contributed by atoms with Crippen molar-refractivity contribution in [1.29, 1.82) is 0 Å². The molecule has 29 heavy (non-hydrogen) atoms. The van der Waals surface area contributed by atoms with Gasteiger partial charge in [-0.15, -0.1) is 5.10 Å². The van der Waals surface area contributed by atoms with E-state index in [1.165, 1.54) is 0 Å². The van der Waals surface area contributed by atoms with Crippen molar-refractivity contribution >= 4 is 23.5 Å². The van der Waals surface area contributed by atoms with Gasteiger partial charge in [-0.1, -0.05) is 31.2 Å². The normalized spacial score (nSPS) is 18.2. The Balaban J connectivity index is 1.79. The van der Waals surface area contributed by atoms with Crippen molar-refractivity contribution < 1.29 is 14.3 Å². The summed E-state index contributed by atoms with van der Waals surface area (Å²) in [6.07, 6.45) is 4.52. The summed E-state index contributed by atoms with van der Waals surface area (Å²) in [5.41, 5.74) is 2.68. The average Bonchev–Trinajstić information content (AvgIpc) is 3.14. The zero-order valence-corrected chi connectivity index (χ0v) is 17.8. The van der Waals surface area contributed by atoms with E-state index in [2.05, 4.69) is 12.2 Å². The molecule has 2 aromatic rings. The number of methoxy groups -OCH3 is 2. The second-order valence-corrected chi connectivity index (χ2v) is 8.24. The topological polar surface area (TPSA) is 78.3 Å². The molecule has 1 aliphatic heterocycles. The minimum atomic E-state index is -0.318. The lowest BCUT2D eigenvalue weighted by atomic mass is 9.85. The predicted octanol–water partition coefficient (Wildman–Crippen LogP) is 4.21. The van der Waals surface area contributed by atoms with Gasteiger partial charge in [-0.25, -0.2) is 4.68 Å². The molecule has 2 aliphatic rings. The highest BCUT2D eigenvalue weighted by molar-refractivity contribution is 7.99. The Labute approximate surface area is 174 Å². The Hall–Kier alpha value is -2.48. The highest BCUT2D eigenvalue weighted by Crippen LogP contribution is 2.42. The molecule has 0 bridgehead atoms. The van der Waals surface area contributed by atoms with Crippen LogP contribution in [0.3, 0.4) is 0 Å². The summed E-state index contributed by atoms with van der Waals surface area (Å²) in [6.45, 7) is 2.17. The standard InChI is InChI=1S/C21H26N4O3S/c1-4-5-11-29-21-23-20-22-14-7-6-8-15(26)18(14)19(25(20)24-21)13-9-10-16(27-2)17(12-13)28-3/h9-10,12,19H,4-8,11H2,1-3H3,(H,22,23,24)/t19-/m1/s1. The van der Waals surface area contributed by atoms with E-state index in [1.807, 2.05) is 22.9 Å². The van der Waals surface area contributed by atoms with Gasteiger partial charge in [0, 0.05) is 23.4 Å². The fourth-order valence-corrected chi connectivity index (χ4v) is 4.75. The van der Waals surface area contributed by atoms with Gasteiger partial charge < -0.3 is 14.8 Å². The van der Waals surface area contributed by atoms with Gasteiger partial charge in [0.2, 0.25) is 11.1 Å². The number of Topliss-reactive ketones (excluding diaryl/α,β-unsaturated/α-hetero) is 1. The Bertz CT molecular complexity index is 953. The van der Waals surface area contributed by atoms with Crippen LogP contribution in [0, 0.1) is 0 Å². The number of unbranched alkanes of at least 4 members (excludes halogenated alkanes) is 1. The number of fused-ring (bicyclic) bond motifs is 1. The summed E-state index contributed by atoms with van der Waals surface area (Å²) in [7, 11) is 3.23. The molecule has 0 radical (unpaired) electrons. The number of allylic oxidation sites excluding steroid dienone is 2. The third-order valence-electron chi connectivity index (χ3n) is 5.30. The monoisotopic (exact) mass is 414 g/mol. The third kappa shape index (κ3) is 3.73. The van der Waals surface area contributed by atoms with Crippen LogP contribution in [-0.2, 0) is 4.79 Å². The molecule has 1 aromatic heterocycles. The molecule has 154 valence electrons. The van der Waals surface area contributed by atoms with E-state index in [-0.39, 0.29) is 11.8 Å². The van der Waals surface area contributed by atoms with Gasteiger partial charge in [-0.2, -0.15) is 4.98 Å². The molecule has 0 fully saturated rings. The number of ether oxygens (including phenoxy) is 2. The summed E-state index contributed by atoms with van der Waals surface area (Å²) >= 11 is 1.65.